The zero-order valence-electron chi connectivity index (χ0n) is 24.6. The lowest BCUT2D eigenvalue weighted by Gasteiger charge is -2.28. The van der Waals surface area contributed by atoms with Crippen molar-refractivity contribution in [2.45, 2.75) is 83.0 Å². The average molecular weight is 565 g/mol. The number of imidazole rings is 1. The topological polar surface area (TPSA) is 115 Å². The normalized spacial score (nSPS) is 18.9. The first-order valence-electron chi connectivity index (χ1n) is 14.6. The molecule has 9 nitrogen and oxygen atoms in total. The van der Waals surface area contributed by atoms with Crippen molar-refractivity contribution in [1.82, 2.24) is 19.5 Å². The highest BCUT2D eigenvalue weighted by Gasteiger charge is 2.31. The summed E-state index contributed by atoms with van der Waals surface area (Å²) in [5.41, 5.74) is 5.90. The van der Waals surface area contributed by atoms with Crippen molar-refractivity contribution in [1.29, 1.82) is 5.26 Å². The van der Waals surface area contributed by atoms with Gasteiger partial charge in [0.1, 0.15) is 11.4 Å². The van der Waals surface area contributed by atoms with E-state index in [1.807, 2.05) is 39.2 Å². The number of rotatable bonds is 6. The molecule has 0 aliphatic heterocycles. The smallest absolute Gasteiger partial charge is 0.413 e. The lowest BCUT2D eigenvalue weighted by molar-refractivity contribution is 0.0589. The number of fused-ring (bicyclic) bond motifs is 1. The minimum absolute atomic E-state index is 0.318. The van der Waals surface area contributed by atoms with Gasteiger partial charge in [-0.2, -0.15) is 5.26 Å². The minimum atomic E-state index is -0.675. The second-order valence-corrected chi connectivity index (χ2v) is 12.3. The van der Waals surface area contributed by atoms with Crippen LogP contribution in [0.3, 0.4) is 0 Å². The number of hydrogen-bond donors (Lipinski definition) is 1. The Morgan fingerprint density at radius 2 is 1.81 bits per heavy atom. The van der Waals surface area contributed by atoms with Gasteiger partial charge in [-0.1, -0.05) is 6.07 Å². The number of methoxy groups -OCH3 is 1. The molecule has 0 bridgehead atoms. The second kappa shape index (κ2) is 11.2. The van der Waals surface area contributed by atoms with Crippen LogP contribution < -0.4 is 5.32 Å². The molecule has 2 aliphatic carbocycles. The number of carbonyl (C=O) groups is 1. The summed E-state index contributed by atoms with van der Waals surface area (Å²) < 4.78 is 13.5. The molecule has 216 valence electrons. The van der Waals surface area contributed by atoms with E-state index in [0.717, 1.165) is 71.9 Å². The predicted molar refractivity (Wildman–Crippen MR) is 161 cm³/mol. The van der Waals surface area contributed by atoms with Crippen LogP contribution in [0.2, 0.25) is 0 Å². The highest BCUT2D eigenvalue weighted by Crippen LogP contribution is 2.47. The Morgan fingerprint density at radius 3 is 2.50 bits per heavy atom. The first kappa shape index (κ1) is 27.9. The summed E-state index contributed by atoms with van der Waals surface area (Å²) in [6, 6.07) is 14.3. The zero-order valence-corrected chi connectivity index (χ0v) is 24.6. The highest BCUT2D eigenvalue weighted by molar-refractivity contribution is 5.92. The molecule has 3 aromatic heterocycles. The molecule has 0 radical (unpaired) electrons. The van der Waals surface area contributed by atoms with Crippen LogP contribution >= 0.6 is 0 Å². The van der Waals surface area contributed by atoms with E-state index in [0.29, 0.717) is 35.1 Å². The Hall–Kier alpha value is -4.29. The molecule has 1 aromatic carbocycles. The van der Waals surface area contributed by atoms with Gasteiger partial charge in [0.15, 0.2) is 0 Å². The van der Waals surface area contributed by atoms with Crippen molar-refractivity contribution in [3.05, 3.63) is 60.0 Å². The van der Waals surface area contributed by atoms with Gasteiger partial charge in [0.05, 0.1) is 46.5 Å². The second-order valence-electron chi connectivity index (χ2n) is 12.3. The van der Waals surface area contributed by atoms with E-state index in [1.165, 1.54) is 0 Å². The third-order valence-electron chi connectivity index (χ3n) is 8.07. The number of hydrogen-bond acceptors (Lipinski definition) is 7. The van der Waals surface area contributed by atoms with Crippen molar-refractivity contribution in [3.63, 3.8) is 0 Å². The maximum atomic E-state index is 13.0. The molecule has 2 fully saturated rings. The number of pyridine rings is 2. The van der Waals surface area contributed by atoms with E-state index < -0.39 is 11.7 Å². The van der Waals surface area contributed by atoms with Crippen LogP contribution in [0.5, 0.6) is 0 Å². The predicted octanol–water partition coefficient (Wildman–Crippen LogP) is 7.39. The first-order valence-corrected chi connectivity index (χ1v) is 14.6. The summed E-state index contributed by atoms with van der Waals surface area (Å²) in [7, 11) is 1.79. The van der Waals surface area contributed by atoms with Gasteiger partial charge in [-0.15, -0.1) is 0 Å². The zero-order chi connectivity index (χ0) is 29.4. The van der Waals surface area contributed by atoms with Crippen LogP contribution in [0.25, 0.3) is 33.5 Å². The Kier molecular flexibility index (Phi) is 7.42. The summed E-state index contributed by atoms with van der Waals surface area (Å²) in [4.78, 5) is 27.3. The van der Waals surface area contributed by atoms with E-state index in [1.54, 1.807) is 25.4 Å². The van der Waals surface area contributed by atoms with Gasteiger partial charge in [0.25, 0.3) is 0 Å². The van der Waals surface area contributed by atoms with Crippen molar-refractivity contribution in [2.24, 2.45) is 0 Å². The Bertz CT molecular complexity index is 1670. The van der Waals surface area contributed by atoms with E-state index in [-0.39, 0.29) is 0 Å². The quantitative estimate of drug-likeness (QED) is 0.260. The van der Waals surface area contributed by atoms with Crippen LogP contribution in [0.4, 0.5) is 10.6 Å². The fourth-order valence-electron chi connectivity index (χ4n) is 5.86. The molecule has 0 unspecified atom stereocenters. The van der Waals surface area contributed by atoms with Crippen LogP contribution in [0.15, 0.2) is 48.9 Å². The molecule has 0 atom stereocenters. The third-order valence-corrected chi connectivity index (χ3v) is 8.07. The van der Waals surface area contributed by atoms with Gasteiger partial charge < -0.3 is 14.0 Å². The van der Waals surface area contributed by atoms with Gasteiger partial charge in [0.2, 0.25) is 0 Å². The fraction of sp³-hybridized carbons (Fsp3) is 0.424. The standard InChI is InChI=1S/C33H36N6O3/c1-33(2,3)42-32(40)38-31-30(28-15-20(18-34)13-14-35-28)25(21-5-6-21)17-27(37-31)22-7-12-26-29(16-22)39(19-36-26)23-8-10-24(41-4)11-9-23/h7,12-17,19,21,23-24H,5-6,8-11H2,1-4H3,(H,37,38,40). The number of nitrogens with one attached hydrogen (secondary N) is 1. The number of nitrogens with zero attached hydrogens (tertiary/aromatic N) is 5. The van der Waals surface area contributed by atoms with Gasteiger partial charge in [-0.3, -0.25) is 10.3 Å². The number of anilines is 1. The number of benzene rings is 1. The Balaban J connectivity index is 1.45. The number of amides is 1. The lowest BCUT2D eigenvalue weighted by atomic mass is 9.92. The highest BCUT2D eigenvalue weighted by atomic mass is 16.6. The van der Waals surface area contributed by atoms with Gasteiger partial charge in [0, 0.05) is 30.5 Å². The summed E-state index contributed by atoms with van der Waals surface area (Å²) in [6.07, 6.45) is 9.54. The molecule has 42 heavy (non-hydrogen) atoms. The monoisotopic (exact) mass is 564 g/mol. The lowest BCUT2D eigenvalue weighted by Crippen LogP contribution is -2.27. The number of ether oxygens (including phenoxy) is 2. The molecular weight excluding hydrogens is 528 g/mol. The summed E-state index contributed by atoms with van der Waals surface area (Å²) >= 11 is 0. The van der Waals surface area contributed by atoms with Gasteiger partial charge in [-0.05, 0) is 101 Å². The van der Waals surface area contributed by atoms with Gasteiger partial charge in [-0.25, -0.2) is 14.8 Å². The van der Waals surface area contributed by atoms with Crippen LogP contribution in [-0.4, -0.2) is 44.4 Å². The molecule has 1 N–H and O–H groups in total. The van der Waals surface area contributed by atoms with Crippen molar-refractivity contribution >= 4 is 22.9 Å². The van der Waals surface area contributed by atoms with E-state index in [2.05, 4.69) is 38.1 Å². The van der Waals surface area contributed by atoms with Gasteiger partial charge >= 0.3 is 6.09 Å². The molecule has 0 saturated heterocycles. The molecule has 2 saturated carbocycles. The van der Waals surface area contributed by atoms with E-state index in [9.17, 15) is 10.1 Å². The molecule has 3 heterocycles. The number of carbonyl (C=O) groups excluding carboxylic acids is 1. The third kappa shape index (κ3) is 5.86. The maximum absolute atomic E-state index is 13.0. The largest absolute Gasteiger partial charge is 0.444 e. The van der Waals surface area contributed by atoms with Crippen molar-refractivity contribution in [3.8, 4) is 28.6 Å². The first-order chi connectivity index (χ1) is 20.2. The average Bonchev–Trinajstić information content (AvgIpc) is 3.74. The SMILES string of the molecule is COC1CCC(n2cnc3ccc(-c4cc(C5CC5)c(-c5cc(C#N)ccn5)c(NC(=O)OC(C)(C)C)n4)cc32)CC1. The fourth-order valence-corrected chi connectivity index (χ4v) is 5.86. The minimum Gasteiger partial charge on any atom is -0.444 e. The maximum Gasteiger partial charge on any atom is 0.413 e. The molecule has 2 aliphatic rings. The van der Waals surface area contributed by atoms with Crippen LogP contribution in [0, 0.1) is 11.3 Å². The molecule has 4 aromatic rings. The van der Waals surface area contributed by atoms with E-state index >= 15 is 0 Å². The number of aromatic nitrogens is 4. The van der Waals surface area contributed by atoms with Crippen molar-refractivity contribution in [2.75, 3.05) is 12.4 Å². The molecule has 6 rings (SSSR count). The Morgan fingerprint density at radius 1 is 1.02 bits per heavy atom. The van der Waals surface area contributed by atoms with E-state index in [4.69, 9.17) is 14.5 Å². The summed E-state index contributed by atoms with van der Waals surface area (Å²) in [6.45, 7) is 5.47. The van der Waals surface area contributed by atoms with Crippen LogP contribution in [-0.2, 0) is 9.47 Å². The summed E-state index contributed by atoms with van der Waals surface area (Å²) in [5, 5.41) is 12.5. The number of nitriles is 1. The summed E-state index contributed by atoms with van der Waals surface area (Å²) in [5.74, 6) is 0.691. The van der Waals surface area contributed by atoms with Crippen molar-refractivity contribution < 1.29 is 14.3 Å². The molecule has 9 heteroatoms. The van der Waals surface area contributed by atoms with Crippen LogP contribution in [0.1, 0.15) is 82.4 Å². The molecule has 0 spiro atoms. The Labute approximate surface area is 245 Å². The molecular formula is C33H36N6O3. The molecule has 1 amide bonds.